The number of hydrogen-bond acceptors (Lipinski definition) is 6. The van der Waals surface area contributed by atoms with Crippen LogP contribution in [0, 0.1) is 6.92 Å². The molecule has 0 spiro atoms. The highest BCUT2D eigenvalue weighted by Crippen LogP contribution is 2.31. The molecule has 1 amide bonds. The van der Waals surface area contributed by atoms with Gasteiger partial charge in [-0.15, -0.1) is 21.5 Å². The standard InChI is InChI=1S/C14H16N4OS2/c1-7-17-18-14(20-7)12-5-4-11(21-12)13(19)16-10-6-8-2-3-9(10)15-8/h4-5,8-10,15H,2-3,6H2,1H3,(H,16,19)/t8-,9+,10-/m1/s1. The molecule has 0 radical (unpaired) electrons. The maximum absolute atomic E-state index is 12.4. The molecule has 7 heteroatoms. The molecule has 2 fully saturated rings. The van der Waals surface area contributed by atoms with Crippen LogP contribution in [0.15, 0.2) is 12.1 Å². The fourth-order valence-corrected chi connectivity index (χ4v) is 4.84. The van der Waals surface area contributed by atoms with E-state index in [4.69, 9.17) is 0 Å². The Morgan fingerprint density at radius 3 is 2.90 bits per heavy atom. The zero-order valence-electron chi connectivity index (χ0n) is 11.6. The fourth-order valence-electron chi connectivity index (χ4n) is 3.19. The van der Waals surface area contributed by atoms with Crippen LogP contribution < -0.4 is 10.6 Å². The molecule has 2 aliphatic rings. The van der Waals surface area contributed by atoms with E-state index in [2.05, 4.69) is 20.8 Å². The Hall–Kier alpha value is -1.31. The highest BCUT2D eigenvalue weighted by molar-refractivity contribution is 7.22. The third-order valence-corrected chi connectivity index (χ3v) is 6.28. The number of aromatic nitrogens is 2. The summed E-state index contributed by atoms with van der Waals surface area (Å²) in [6, 6.07) is 5.18. The first-order valence-corrected chi connectivity index (χ1v) is 8.79. The molecule has 5 nitrogen and oxygen atoms in total. The van der Waals surface area contributed by atoms with Crippen molar-refractivity contribution in [1.82, 2.24) is 20.8 Å². The number of carbonyl (C=O) groups excluding carboxylic acids is 1. The number of hydrogen-bond donors (Lipinski definition) is 2. The lowest BCUT2D eigenvalue weighted by Crippen LogP contribution is -2.42. The maximum atomic E-state index is 12.4. The van der Waals surface area contributed by atoms with Crippen molar-refractivity contribution in [2.75, 3.05) is 0 Å². The van der Waals surface area contributed by atoms with Crippen molar-refractivity contribution in [3.63, 3.8) is 0 Å². The molecule has 110 valence electrons. The molecule has 2 aromatic heterocycles. The van der Waals surface area contributed by atoms with Crippen LogP contribution in [0.2, 0.25) is 0 Å². The van der Waals surface area contributed by atoms with Crippen LogP contribution in [0.4, 0.5) is 0 Å². The van der Waals surface area contributed by atoms with Crippen molar-refractivity contribution < 1.29 is 4.79 Å². The zero-order chi connectivity index (χ0) is 14.4. The van der Waals surface area contributed by atoms with Gasteiger partial charge in [-0.25, -0.2) is 0 Å². The van der Waals surface area contributed by atoms with Gasteiger partial charge in [0.15, 0.2) is 5.01 Å². The van der Waals surface area contributed by atoms with Crippen LogP contribution in [0.3, 0.4) is 0 Å². The Balaban J connectivity index is 1.46. The van der Waals surface area contributed by atoms with Gasteiger partial charge in [-0.1, -0.05) is 11.3 Å². The molecule has 2 bridgehead atoms. The number of fused-ring (bicyclic) bond motifs is 2. The maximum Gasteiger partial charge on any atom is 0.261 e. The number of carbonyl (C=O) groups is 1. The molecule has 0 saturated carbocycles. The Kier molecular flexibility index (Phi) is 3.28. The van der Waals surface area contributed by atoms with Gasteiger partial charge in [0.1, 0.15) is 5.01 Å². The zero-order valence-corrected chi connectivity index (χ0v) is 13.3. The number of thiophene rings is 1. The smallest absolute Gasteiger partial charge is 0.261 e. The molecule has 2 saturated heterocycles. The van der Waals surface area contributed by atoms with Crippen molar-refractivity contribution in [3.8, 4) is 9.88 Å². The van der Waals surface area contributed by atoms with Crippen LogP contribution in [0.25, 0.3) is 9.88 Å². The van der Waals surface area contributed by atoms with E-state index in [0.29, 0.717) is 12.1 Å². The summed E-state index contributed by atoms with van der Waals surface area (Å²) in [5.41, 5.74) is 0. The Labute approximate surface area is 130 Å². The van der Waals surface area contributed by atoms with Gasteiger partial charge in [0, 0.05) is 18.1 Å². The minimum absolute atomic E-state index is 0.0341. The van der Waals surface area contributed by atoms with Gasteiger partial charge in [0.25, 0.3) is 5.91 Å². The van der Waals surface area contributed by atoms with E-state index in [1.165, 1.54) is 24.2 Å². The Morgan fingerprint density at radius 1 is 1.33 bits per heavy atom. The number of nitrogens with zero attached hydrogens (tertiary/aromatic N) is 2. The largest absolute Gasteiger partial charge is 0.347 e. The molecule has 2 aromatic rings. The monoisotopic (exact) mass is 320 g/mol. The van der Waals surface area contributed by atoms with Crippen LogP contribution in [-0.2, 0) is 0 Å². The highest BCUT2D eigenvalue weighted by atomic mass is 32.1. The minimum atomic E-state index is 0.0341. The second-order valence-corrected chi connectivity index (χ2v) is 7.92. The lowest BCUT2D eigenvalue weighted by Gasteiger charge is -2.20. The first kappa shape index (κ1) is 13.4. The summed E-state index contributed by atoms with van der Waals surface area (Å²) in [5.74, 6) is 0.0341. The van der Waals surface area contributed by atoms with Crippen LogP contribution in [0.5, 0.6) is 0 Å². The molecule has 0 unspecified atom stereocenters. The minimum Gasteiger partial charge on any atom is -0.347 e. The van der Waals surface area contributed by atoms with E-state index in [1.54, 1.807) is 11.3 Å². The Morgan fingerprint density at radius 2 is 2.24 bits per heavy atom. The van der Waals surface area contributed by atoms with E-state index < -0.39 is 0 Å². The van der Waals surface area contributed by atoms with Gasteiger partial charge in [-0.3, -0.25) is 4.79 Å². The summed E-state index contributed by atoms with van der Waals surface area (Å²) < 4.78 is 0. The van der Waals surface area contributed by atoms with Gasteiger partial charge in [0.05, 0.1) is 9.75 Å². The number of rotatable bonds is 3. The first-order valence-electron chi connectivity index (χ1n) is 7.16. The molecular formula is C14H16N4OS2. The average molecular weight is 320 g/mol. The number of nitrogens with one attached hydrogen (secondary N) is 2. The molecule has 4 rings (SSSR count). The fraction of sp³-hybridized carbons (Fsp3) is 0.500. The highest BCUT2D eigenvalue weighted by Gasteiger charge is 2.39. The van der Waals surface area contributed by atoms with Gasteiger partial charge >= 0.3 is 0 Å². The topological polar surface area (TPSA) is 66.9 Å². The van der Waals surface area contributed by atoms with Crippen molar-refractivity contribution in [2.45, 2.75) is 44.3 Å². The van der Waals surface area contributed by atoms with E-state index in [1.807, 2.05) is 19.1 Å². The van der Waals surface area contributed by atoms with Crippen LogP contribution in [0.1, 0.15) is 33.9 Å². The van der Waals surface area contributed by atoms with E-state index in [0.717, 1.165) is 26.2 Å². The number of amides is 1. The van der Waals surface area contributed by atoms with Crippen LogP contribution in [-0.4, -0.2) is 34.2 Å². The molecule has 3 atom stereocenters. The molecule has 0 aliphatic carbocycles. The van der Waals surface area contributed by atoms with E-state index in [-0.39, 0.29) is 11.9 Å². The summed E-state index contributed by atoms with van der Waals surface area (Å²) in [6.07, 6.45) is 3.48. The molecule has 0 aromatic carbocycles. The van der Waals surface area contributed by atoms with Crippen molar-refractivity contribution in [1.29, 1.82) is 0 Å². The van der Waals surface area contributed by atoms with Gasteiger partial charge in [-0.05, 0) is 38.3 Å². The summed E-state index contributed by atoms with van der Waals surface area (Å²) in [4.78, 5) is 14.1. The van der Waals surface area contributed by atoms with Crippen molar-refractivity contribution in [3.05, 3.63) is 22.0 Å². The predicted molar refractivity (Wildman–Crippen MR) is 83.8 cm³/mol. The van der Waals surface area contributed by atoms with Gasteiger partial charge in [0.2, 0.25) is 0 Å². The third kappa shape index (κ3) is 2.49. The first-order chi connectivity index (χ1) is 10.2. The average Bonchev–Trinajstić information content (AvgIpc) is 3.22. The molecular weight excluding hydrogens is 304 g/mol. The predicted octanol–water partition coefficient (Wildman–Crippen LogP) is 2.20. The van der Waals surface area contributed by atoms with E-state index in [9.17, 15) is 4.79 Å². The summed E-state index contributed by atoms with van der Waals surface area (Å²) in [7, 11) is 0. The van der Waals surface area contributed by atoms with Crippen molar-refractivity contribution in [2.24, 2.45) is 0 Å². The third-order valence-electron chi connectivity index (χ3n) is 4.18. The van der Waals surface area contributed by atoms with Gasteiger partial charge in [-0.2, -0.15) is 0 Å². The van der Waals surface area contributed by atoms with Crippen molar-refractivity contribution >= 4 is 28.6 Å². The molecule has 21 heavy (non-hydrogen) atoms. The number of aryl methyl sites for hydroxylation is 1. The molecule has 2 N–H and O–H groups in total. The van der Waals surface area contributed by atoms with Crippen LogP contribution >= 0.6 is 22.7 Å². The molecule has 4 heterocycles. The molecule has 2 aliphatic heterocycles. The summed E-state index contributed by atoms with van der Waals surface area (Å²) in [6.45, 7) is 1.94. The summed E-state index contributed by atoms with van der Waals surface area (Å²) >= 11 is 3.04. The second-order valence-electron chi connectivity index (χ2n) is 5.65. The normalized spacial score (nSPS) is 27.2. The second kappa shape index (κ2) is 5.15. The SMILES string of the molecule is Cc1nnc(-c2ccc(C(=O)N[C@@H]3C[C@H]4CC[C@@H]3N4)s2)s1. The Bertz CT molecular complexity index is 680. The summed E-state index contributed by atoms with van der Waals surface area (Å²) in [5, 5.41) is 16.7. The van der Waals surface area contributed by atoms with E-state index >= 15 is 0 Å². The van der Waals surface area contributed by atoms with Gasteiger partial charge < -0.3 is 10.6 Å². The quantitative estimate of drug-likeness (QED) is 0.910. The lowest BCUT2D eigenvalue weighted by atomic mass is 9.95. The lowest BCUT2D eigenvalue weighted by molar-refractivity contribution is 0.0935.